The van der Waals surface area contributed by atoms with Gasteiger partial charge in [0.1, 0.15) is 0 Å². The molecule has 2 aromatic rings. The number of amides is 1. The molecule has 0 fully saturated rings. The maximum Gasteiger partial charge on any atom is 0.276 e. The van der Waals surface area contributed by atoms with Crippen molar-refractivity contribution in [3.63, 3.8) is 0 Å². The lowest BCUT2D eigenvalue weighted by molar-refractivity contribution is 0.101. The molecule has 1 aliphatic rings. The number of carbonyl (C=O) groups is 1. The Bertz CT molecular complexity index is 676. The molecule has 5 nitrogen and oxygen atoms in total. The van der Waals surface area contributed by atoms with Gasteiger partial charge in [0.15, 0.2) is 5.69 Å². The summed E-state index contributed by atoms with van der Waals surface area (Å²) in [5.41, 5.74) is 2.96. The number of hydrogen-bond donors (Lipinski definition) is 1. The van der Waals surface area contributed by atoms with Crippen molar-refractivity contribution >= 4 is 23.4 Å². The minimum atomic E-state index is -0.252. The van der Waals surface area contributed by atoms with E-state index in [-0.39, 0.29) is 5.91 Å². The first kappa shape index (κ1) is 14.0. The third-order valence-electron chi connectivity index (χ3n) is 3.29. The fourth-order valence-corrected chi connectivity index (χ4v) is 2.74. The van der Waals surface area contributed by atoms with Crippen LogP contribution in [0.15, 0.2) is 35.2 Å². The molecule has 3 rings (SSSR count). The SMILES string of the molecule is CSc1ccccc1NC(=O)c1cc2c(nn1)CCOC2. The quantitative estimate of drug-likeness (QED) is 0.883. The number of anilines is 1. The smallest absolute Gasteiger partial charge is 0.276 e. The summed E-state index contributed by atoms with van der Waals surface area (Å²) in [6.07, 6.45) is 2.72. The molecule has 6 heteroatoms. The molecule has 21 heavy (non-hydrogen) atoms. The van der Waals surface area contributed by atoms with Gasteiger partial charge in [-0.3, -0.25) is 4.79 Å². The minimum Gasteiger partial charge on any atom is -0.376 e. The lowest BCUT2D eigenvalue weighted by Gasteiger charge is -2.15. The van der Waals surface area contributed by atoms with E-state index >= 15 is 0 Å². The van der Waals surface area contributed by atoms with Gasteiger partial charge >= 0.3 is 0 Å². The number of hydrogen-bond acceptors (Lipinski definition) is 5. The Morgan fingerprint density at radius 1 is 1.33 bits per heavy atom. The van der Waals surface area contributed by atoms with Gasteiger partial charge in [-0.25, -0.2) is 0 Å². The first-order valence-electron chi connectivity index (χ1n) is 6.65. The van der Waals surface area contributed by atoms with Gasteiger partial charge < -0.3 is 10.1 Å². The second kappa shape index (κ2) is 6.24. The van der Waals surface area contributed by atoms with Crippen LogP contribution in [0.1, 0.15) is 21.7 Å². The summed E-state index contributed by atoms with van der Waals surface area (Å²) in [4.78, 5) is 13.3. The Morgan fingerprint density at radius 3 is 3.05 bits per heavy atom. The van der Waals surface area contributed by atoms with Crippen molar-refractivity contribution in [2.45, 2.75) is 17.9 Å². The Hall–Kier alpha value is -1.92. The molecule has 0 unspecified atom stereocenters. The highest BCUT2D eigenvalue weighted by Crippen LogP contribution is 2.25. The van der Waals surface area contributed by atoms with Gasteiger partial charge in [0, 0.05) is 16.9 Å². The molecule has 1 aromatic carbocycles. The summed E-state index contributed by atoms with van der Waals surface area (Å²) in [6.45, 7) is 1.15. The van der Waals surface area contributed by atoms with E-state index < -0.39 is 0 Å². The number of para-hydroxylation sites is 1. The molecule has 0 saturated carbocycles. The number of nitrogens with zero attached hydrogens (tertiary/aromatic N) is 2. The van der Waals surface area contributed by atoms with Crippen LogP contribution in [-0.4, -0.2) is 29.0 Å². The molecule has 2 heterocycles. The number of benzene rings is 1. The van der Waals surface area contributed by atoms with E-state index in [1.54, 1.807) is 17.8 Å². The summed E-state index contributed by atoms with van der Waals surface area (Å²) in [7, 11) is 0. The van der Waals surface area contributed by atoms with Crippen LogP contribution in [0, 0.1) is 0 Å². The second-order valence-corrected chi connectivity index (χ2v) is 5.51. The lowest BCUT2D eigenvalue weighted by Crippen LogP contribution is -2.19. The molecular weight excluding hydrogens is 286 g/mol. The minimum absolute atomic E-state index is 0.252. The van der Waals surface area contributed by atoms with Crippen molar-refractivity contribution in [1.29, 1.82) is 0 Å². The zero-order chi connectivity index (χ0) is 14.7. The summed E-state index contributed by atoms with van der Waals surface area (Å²) in [5.74, 6) is -0.252. The Kier molecular flexibility index (Phi) is 4.17. The summed E-state index contributed by atoms with van der Waals surface area (Å²) < 4.78 is 5.38. The molecular formula is C15H15N3O2S. The van der Waals surface area contributed by atoms with Crippen LogP contribution >= 0.6 is 11.8 Å². The summed E-state index contributed by atoms with van der Waals surface area (Å²) in [5, 5.41) is 11.0. The van der Waals surface area contributed by atoms with Gasteiger partial charge in [-0.1, -0.05) is 12.1 Å². The molecule has 0 radical (unpaired) electrons. The van der Waals surface area contributed by atoms with E-state index in [0.717, 1.165) is 28.3 Å². The number of aromatic nitrogens is 2. The fraction of sp³-hybridized carbons (Fsp3) is 0.267. The highest BCUT2D eigenvalue weighted by Gasteiger charge is 2.16. The van der Waals surface area contributed by atoms with Crippen molar-refractivity contribution in [3.8, 4) is 0 Å². The zero-order valence-electron chi connectivity index (χ0n) is 11.6. The van der Waals surface area contributed by atoms with Crippen molar-refractivity contribution in [2.24, 2.45) is 0 Å². The number of nitrogens with one attached hydrogen (secondary N) is 1. The molecule has 0 spiro atoms. The van der Waals surface area contributed by atoms with Gasteiger partial charge in [-0.2, -0.15) is 5.10 Å². The fourth-order valence-electron chi connectivity index (χ4n) is 2.19. The number of thioether (sulfide) groups is 1. The number of carbonyl (C=O) groups excluding carboxylic acids is 1. The van der Waals surface area contributed by atoms with Crippen LogP contribution < -0.4 is 5.32 Å². The van der Waals surface area contributed by atoms with Gasteiger partial charge in [0.25, 0.3) is 5.91 Å². The summed E-state index contributed by atoms with van der Waals surface area (Å²) >= 11 is 1.58. The van der Waals surface area contributed by atoms with E-state index in [0.29, 0.717) is 18.9 Å². The first-order valence-corrected chi connectivity index (χ1v) is 7.88. The molecule has 1 aliphatic heterocycles. The predicted molar refractivity (Wildman–Crippen MR) is 81.6 cm³/mol. The van der Waals surface area contributed by atoms with E-state index in [4.69, 9.17) is 4.74 Å². The molecule has 1 aromatic heterocycles. The highest BCUT2D eigenvalue weighted by molar-refractivity contribution is 7.98. The largest absolute Gasteiger partial charge is 0.376 e. The van der Waals surface area contributed by atoms with Crippen LogP contribution in [0.2, 0.25) is 0 Å². The van der Waals surface area contributed by atoms with E-state index in [2.05, 4.69) is 15.5 Å². The zero-order valence-corrected chi connectivity index (χ0v) is 12.4. The molecule has 0 atom stereocenters. The van der Waals surface area contributed by atoms with Crippen molar-refractivity contribution in [1.82, 2.24) is 10.2 Å². The average molecular weight is 301 g/mol. The first-order chi connectivity index (χ1) is 10.3. The Balaban J connectivity index is 1.82. The van der Waals surface area contributed by atoms with Crippen LogP contribution in [0.25, 0.3) is 0 Å². The van der Waals surface area contributed by atoms with Crippen LogP contribution in [0.4, 0.5) is 5.69 Å². The van der Waals surface area contributed by atoms with Crippen molar-refractivity contribution in [2.75, 3.05) is 18.2 Å². The molecule has 108 valence electrons. The third-order valence-corrected chi connectivity index (χ3v) is 4.08. The number of fused-ring (bicyclic) bond motifs is 1. The third kappa shape index (κ3) is 3.06. The monoisotopic (exact) mass is 301 g/mol. The standard InChI is InChI=1S/C15H15N3O2S/c1-21-14-5-3-2-4-12(14)16-15(19)13-8-10-9-20-7-6-11(10)17-18-13/h2-5,8H,6-7,9H2,1H3,(H,16,19). The van der Waals surface area contributed by atoms with Gasteiger partial charge in [-0.05, 0) is 24.5 Å². The molecule has 0 aliphatic carbocycles. The lowest BCUT2D eigenvalue weighted by atomic mass is 10.1. The predicted octanol–water partition coefficient (Wildman–Crippen LogP) is 2.52. The average Bonchev–Trinajstić information content (AvgIpc) is 2.55. The maximum atomic E-state index is 12.3. The Labute approximate surface area is 127 Å². The second-order valence-electron chi connectivity index (χ2n) is 4.66. The van der Waals surface area contributed by atoms with Crippen LogP contribution in [0.3, 0.4) is 0 Å². The van der Waals surface area contributed by atoms with Crippen molar-refractivity contribution < 1.29 is 9.53 Å². The normalized spacial score (nSPS) is 13.6. The number of ether oxygens (including phenoxy) is 1. The molecule has 0 bridgehead atoms. The van der Waals surface area contributed by atoms with Gasteiger partial charge in [-0.15, -0.1) is 16.9 Å². The number of rotatable bonds is 3. The molecule has 1 N–H and O–H groups in total. The Morgan fingerprint density at radius 2 is 2.19 bits per heavy atom. The van der Waals surface area contributed by atoms with E-state index in [9.17, 15) is 4.79 Å². The maximum absolute atomic E-state index is 12.3. The van der Waals surface area contributed by atoms with E-state index in [1.165, 1.54) is 0 Å². The van der Waals surface area contributed by atoms with Crippen LogP contribution in [0.5, 0.6) is 0 Å². The van der Waals surface area contributed by atoms with Crippen LogP contribution in [-0.2, 0) is 17.8 Å². The van der Waals surface area contributed by atoms with Gasteiger partial charge in [0.05, 0.1) is 24.6 Å². The highest BCUT2D eigenvalue weighted by atomic mass is 32.2. The van der Waals surface area contributed by atoms with E-state index in [1.807, 2.05) is 30.5 Å². The summed E-state index contributed by atoms with van der Waals surface area (Å²) in [6, 6.07) is 9.43. The van der Waals surface area contributed by atoms with Gasteiger partial charge in [0.2, 0.25) is 0 Å². The van der Waals surface area contributed by atoms with Crippen molar-refractivity contribution in [3.05, 3.63) is 47.3 Å². The molecule has 1 amide bonds. The topological polar surface area (TPSA) is 64.1 Å². The molecule has 0 saturated heterocycles.